The largest absolute Gasteiger partial charge is 1.00 e. The molecule has 3 N–H and O–H groups in total. The molecule has 0 saturated heterocycles. The number of hydrogen-bond donors (Lipinski definition) is 2. The number of carbonyl (C=O) groups is 3. The van der Waals surface area contributed by atoms with Crippen LogP contribution in [-0.2, 0) is 54.8 Å². The fourth-order valence-electron chi connectivity index (χ4n) is 11.5. The number of esters is 1. The fourth-order valence-corrected chi connectivity index (χ4v) is 20.7. The first kappa shape index (κ1) is 76.4. The van der Waals surface area contributed by atoms with Crippen LogP contribution in [0.15, 0.2) is 182 Å². The molecule has 0 radical (unpaired) electrons. The predicted molar refractivity (Wildman–Crippen MR) is 370 cm³/mol. The van der Waals surface area contributed by atoms with E-state index in [4.69, 9.17) is 23.1 Å². The number of rotatable bonds is 23. The summed E-state index contributed by atoms with van der Waals surface area (Å²) in [7, 11) is -1.90. The van der Waals surface area contributed by atoms with E-state index in [1.807, 2.05) is 133 Å². The summed E-state index contributed by atoms with van der Waals surface area (Å²) < 4.78 is 34.0. The number of benzene rings is 6. The van der Waals surface area contributed by atoms with Crippen molar-refractivity contribution in [3.05, 3.63) is 205 Å². The molecule has 0 fully saturated rings. The van der Waals surface area contributed by atoms with Gasteiger partial charge in [0.15, 0.2) is 0 Å². The van der Waals surface area contributed by atoms with Gasteiger partial charge in [-0.15, -0.1) is 0 Å². The van der Waals surface area contributed by atoms with Crippen molar-refractivity contribution in [2.24, 2.45) is 14.1 Å². The van der Waals surface area contributed by atoms with Crippen LogP contribution < -0.4 is 60.9 Å². The van der Waals surface area contributed by atoms with Crippen LogP contribution in [0, 0.1) is 0 Å². The fraction of sp³-hybridized carbons (Fsp3) is 0.378. The number of nitrogens with one attached hydrogen (secondary N) is 2. The van der Waals surface area contributed by atoms with Crippen LogP contribution in [0.3, 0.4) is 0 Å². The average Bonchev–Trinajstić information content (AvgIpc) is 1.40. The Bertz CT molecular complexity index is 3540. The number of aryl methyl sites for hydroxylation is 2. The Kier molecular flexibility index (Phi) is 27.7. The molecular weight excluding hydrogens is 1210 g/mol. The number of hydrogen-bond acceptors (Lipinski definition) is 12. The van der Waals surface area contributed by atoms with Crippen LogP contribution in [0.25, 0.3) is 22.5 Å². The Labute approximate surface area is 575 Å². The van der Waals surface area contributed by atoms with Crippen LogP contribution >= 0.6 is 0 Å². The molecule has 16 nitrogen and oxygen atoms in total. The van der Waals surface area contributed by atoms with Gasteiger partial charge in [-0.05, 0) is 122 Å². The van der Waals surface area contributed by atoms with E-state index in [-0.39, 0.29) is 75.4 Å². The molecule has 0 aliphatic carbocycles. The minimum Gasteiger partial charge on any atom is -0.870 e. The Hall–Kier alpha value is -7.27. The van der Waals surface area contributed by atoms with E-state index in [9.17, 15) is 19.2 Å². The maximum absolute atomic E-state index is 13.0. The van der Waals surface area contributed by atoms with E-state index in [1.54, 1.807) is 30.2 Å². The summed E-state index contributed by atoms with van der Waals surface area (Å²) in [5.41, 5.74) is 4.04. The van der Waals surface area contributed by atoms with E-state index in [2.05, 4.69) is 159 Å². The van der Waals surface area contributed by atoms with Gasteiger partial charge in [0.25, 0.3) is 16.6 Å². The van der Waals surface area contributed by atoms with Crippen molar-refractivity contribution in [2.45, 2.75) is 149 Å². The van der Waals surface area contributed by atoms with E-state index < -0.39 is 46.0 Å². The third-order valence-electron chi connectivity index (χ3n) is 15.6. The van der Waals surface area contributed by atoms with Gasteiger partial charge in [0.05, 0.1) is 18.0 Å². The van der Waals surface area contributed by atoms with Crippen molar-refractivity contribution in [1.82, 2.24) is 29.7 Å². The summed E-state index contributed by atoms with van der Waals surface area (Å²) in [6.07, 6.45) is 6.95. The molecule has 8 rings (SSSR count). The number of alkyl carbamates (subject to hydrolysis) is 2. The number of ether oxygens (including phenoxy) is 3. The van der Waals surface area contributed by atoms with Crippen molar-refractivity contribution in [2.75, 3.05) is 19.8 Å². The summed E-state index contributed by atoms with van der Waals surface area (Å²) in [5.74, 6) is 0.0641. The van der Waals surface area contributed by atoms with Gasteiger partial charge >= 0.3 is 47.7 Å². The summed E-state index contributed by atoms with van der Waals surface area (Å²) in [6.45, 7) is 27.7. The summed E-state index contributed by atoms with van der Waals surface area (Å²) in [6, 6.07) is 57.8. The molecule has 19 heteroatoms. The Morgan fingerprint density at radius 2 is 0.839 bits per heavy atom. The molecule has 0 unspecified atom stereocenters. The molecule has 2 atom stereocenters. The first-order valence-corrected chi connectivity index (χ1v) is 35.2. The molecule has 490 valence electrons. The molecule has 2 amide bonds. The minimum atomic E-state index is -2.73. The molecule has 0 bridgehead atoms. The number of amides is 2. The quantitative estimate of drug-likeness (QED) is 0.0266. The van der Waals surface area contributed by atoms with E-state index in [1.165, 1.54) is 20.7 Å². The zero-order chi connectivity index (χ0) is 66.2. The van der Waals surface area contributed by atoms with E-state index in [0.29, 0.717) is 50.3 Å². The predicted octanol–water partition coefficient (Wildman–Crippen LogP) is 9.44. The molecule has 0 spiro atoms. The van der Waals surface area contributed by atoms with Crippen molar-refractivity contribution < 1.29 is 77.3 Å². The molecule has 0 aliphatic heterocycles. The number of imidazole rings is 2. The van der Waals surface area contributed by atoms with Gasteiger partial charge in [0.2, 0.25) is 5.82 Å². The molecule has 6 aromatic carbocycles. The average molecular weight is 1310 g/mol. The smallest absolute Gasteiger partial charge is 0.870 e. The van der Waals surface area contributed by atoms with Gasteiger partial charge in [-0.2, -0.15) is 6.29 Å². The maximum atomic E-state index is 13.0. The van der Waals surface area contributed by atoms with Crippen molar-refractivity contribution >= 4 is 61.8 Å². The van der Waals surface area contributed by atoms with Gasteiger partial charge in [-0.25, -0.2) is 19.4 Å². The topological polar surface area (TPSA) is 204 Å². The Morgan fingerprint density at radius 3 is 1.14 bits per heavy atom. The van der Waals surface area contributed by atoms with Crippen LogP contribution in [0.5, 0.6) is 0 Å². The van der Waals surface area contributed by atoms with Gasteiger partial charge in [0.1, 0.15) is 11.2 Å². The summed E-state index contributed by atoms with van der Waals surface area (Å²) >= 11 is 0. The molecule has 0 saturated carbocycles. The van der Waals surface area contributed by atoms with Crippen LogP contribution in [0.1, 0.15) is 130 Å². The standard InChI is InChI=1S/C38H49N3O5Si.C36H44N3O4Si.Na.H2O/c1-9-44-35(42)34-40-33(27-41(34)8)29-22-20-28(21-23-29)26-30(39-36(43)46-37(2,3)4)24-25-45-47(38(5,6)7,31-16-12-10-13-17-31)32-18-14-11-15-19-32;1-35(2,3)43-34(41)37-29(24-27-18-20-28(21-19-27)32-25-39(7)33(26-40)38-32)22-23-42-44(36(4,5)6,30-14-10-8-11-15-30)31-16-12-9-13-17-31;;/h10-23,27,30H,9,24-26H2,1-8H3,(H,39,43);8-21,25,29H,22-24H2,1-7H3,(H,37,41);;1H2/q;-1;+1;/p-1/t30-;29-;;/m11../s1. The third kappa shape index (κ3) is 20.6. The number of aromatic nitrogens is 4. The second kappa shape index (κ2) is 33.7. The van der Waals surface area contributed by atoms with Crippen LogP contribution in [-0.4, -0.2) is 109 Å². The van der Waals surface area contributed by atoms with E-state index in [0.717, 1.165) is 22.3 Å². The zero-order valence-electron chi connectivity index (χ0n) is 57.3. The van der Waals surface area contributed by atoms with Gasteiger partial charge in [-0.3, -0.25) is 4.98 Å². The van der Waals surface area contributed by atoms with E-state index >= 15 is 0 Å². The van der Waals surface area contributed by atoms with Gasteiger partial charge in [0, 0.05) is 62.9 Å². The summed E-state index contributed by atoms with van der Waals surface area (Å²) in [4.78, 5) is 58.1. The number of nitrogens with zero attached hydrogens (tertiary/aromatic N) is 4. The van der Waals surface area contributed by atoms with Crippen molar-refractivity contribution in [1.29, 1.82) is 0 Å². The summed E-state index contributed by atoms with van der Waals surface area (Å²) in [5, 5.41) is 10.8. The number of carbonyl (C=O) groups excluding carboxylic acids is 4. The second-order valence-corrected chi connectivity index (χ2v) is 35.6. The molecule has 0 aliphatic rings. The molecule has 2 aromatic heterocycles. The van der Waals surface area contributed by atoms with Crippen LogP contribution in [0.2, 0.25) is 10.1 Å². The molecular formula is C74H94N6NaO10Si2-. The van der Waals surface area contributed by atoms with Gasteiger partial charge < -0.3 is 53.1 Å². The zero-order valence-corrected chi connectivity index (χ0v) is 61.3. The maximum Gasteiger partial charge on any atom is 1.00 e. The third-order valence-corrected chi connectivity index (χ3v) is 25.7. The van der Waals surface area contributed by atoms with Gasteiger partial charge in [-0.1, -0.05) is 211 Å². The molecule has 93 heavy (non-hydrogen) atoms. The first-order chi connectivity index (χ1) is 43.0. The van der Waals surface area contributed by atoms with Crippen molar-refractivity contribution in [3.8, 4) is 22.5 Å². The van der Waals surface area contributed by atoms with Crippen LogP contribution in [0.4, 0.5) is 9.59 Å². The Balaban J connectivity index is 0.000000331. The SMILES string of the molecule is CCOC(=O)c1nc(-c2ccc(C[C@@H](CCO[Si](c3ccccc3)(c3ccccc3)C(C)(C)C)NC(=O)OC(C)(C)C)cc2)cn1C.Cn1cc(-c2ccc(C[C@@H](CCO[Si](c3ccccc3)(c3ccccc3)C(C)(C)C)NC(=O)OC(C)(C)C)cc2)nc1[C-]=O.[Na+].[OH-]. The monoisotopic (exact) mass is 1310 g/mol. The normalized spacial score (nSPS) is 12.5. The Morgan fingerprint density at radius 1 is 0.505 bits per heavy atom. The molecule has 8 aromatic rings. The molecule has 2 heterocycles. The first-order valence-electron chi connectivity index (χ1n) is 31.4. The second-order valence-electron chi connectivity index (χ2n) is 27.0. The van der Waals surface area contributed by atoms with Crippen molar-refractivity contribution in [3.63, 3.8) is 0 Å². The minimum absolute atomic E-state index is 0.